The summed E-state index contributed by atoms with van der Waals surface area (Å²) >= 11 is 0. The molecule has 0 aliphatic rings. The molecule has 14 heavy (non-hydrogen) atoms. The van der Waals surface area contributed by atoms with Crippen molar-refractivity contribution in [3.8, 4) is 11.8 Å². The number of aliphatic carboxylic acids is 1. The highest BCUT2D eigenvalue weighted by atomic mass is 16.4. The second kappa shape index (κ2) is 4.24. The predicted octanol–water partition coefficient (Wildman–Crippen LogP) is 1.24. The van der Waals surface area contributed by atoms with Crippen LogP contribution >= 0.6 is 0 Å². The lowest BCUT2D eigenvalue weighted by Crippen LogP contribution is -1.89. The molecule has 0 aromatic heterocycles. The van der Waals surface area contributed by atoms with E-state index in [0.29, 0.717) is 11.1 Å². The highest BCUT2D eigenvalue weighted by Gasteiger charge is 1.96. The summed E-state index contributed by atoms with van der Waals surface area (Å²) in [4.78, 5) is 20.6. The number of hydrogen-bond acceptors (Lipinski definition) is 2. The maximum absolute atomic E-state index is 10.5. The first-order valence-corrected chi connectivity index (χ1v) is 3.94. The largest absolute Gasteiger partial charge is 0.472 e. The molecule has 1 rings (SSSR count). The van der Waals surface area contributed by atoms with Crippen molar-refractivity contribution in [2.75, 3.05) is 0 Å². The highest BCUT2D eigenvalue weighted by molar-refractivity contribution is 5.87. The maximum Gasteiger partial charge on any atom is 0.382 e. The van der Waals surface area contributed by atoms with E-state index in [-0.39, 0.29) is 0 Å². The van der Waals surface area contributed by atoms with Gasteiger partial charge in [-0.25, -0.2) is 4.79 Å². The Bertz CT molecular complexity index is 436. The third-order valence-corrected chi connectivity index (χ3v) is 1.71. The van der Waals surface area contributed by atoms with Gasteiger partial charge in [0.25, 0.3) is 0 Å². The summed E-state index contributed by atoms with van der Waals surface area (Å²) in [5, 5.41) is 8.32. The minimum Gasteiger partial charge on any atom is -0.472 e. The fourth-order valence-electron chi connectivity index (χ4n) is 1.01. The number of carboxylic acids is 1. The summed E-state index contributed by atoms with van der Waals surface area (Å²) in [6.45, 7) is 1.77. The summed E-state index contributed by atoms with van der Waals surface area (Å²) in [6.07, 6.45) is 0.754. The van der Waals surface area contributed by atoms with Gasteiger partial charge in [-0.05, 0) is 24.6 Å². The summed E-state index contributed by atoms with van der Waals surface area (Å²) in [5.74, 6) is 3.31. The Hall–Kier alpha value is -2.08. The lowest BCUT2D eigenvalue weighted by molar-refractivity contribution is -0.130. The van der Waals surface area contributed by atoms with Gasteiger partial charge in [0.1, 0.15) is 6.29 Å². The quantitative estimate of drug-likeness (QED) is 0.533. The summed E-state index contributed by atoms with van der Waals surface area (Å²) < 4.78 is 0. The number of aryl methyl sites for hydroxylation is 1. The summed E-state index contributed by atoms with van der Waals surface area (Å²) in [7, 11) is 0. The first-order valence-electron chi connectivity index (χ1n) is 3.94. The van der Waals surface area contributed by atoms with Gasteiger partial charge in [0.15, 0.2) is 0 Å². The van der Waals surface area contributed by atoms with E-state index in [1.165, 1.54) is 0 Å². The zero-order chi connectivity index (χ0) is 10.6. The van der Waals surface area contributed by atoms with Crippen molar-refractivity contribution >= 4 is 12.3 Å². The van der Waals surface area contributed by atoms with Gasteiger partial charge in [-0.3, -0.25) is 4.79 Å². The van der Waals surface area contributed by atoms with E-state index in [1.54, 1.807) is 25.1 Å². The van der Waals surface area contributed by atoms with Crippen molar-refractivity contribution in [2.45, 2.75) is 6.92 Å². The Morgan fingerprint density at radius 1 is 1.50 bits per heavy atom. The minimum atomic E-state index is -1.16. The predicted molar refractivity (Wildman–Crippen MR) is 51.1 cm³/mol. The van der Waals surface area contributed by atoms with Crippen molar-refractivity contribution < 1.29 is 14.7 Å². The van der Waals surface area contributed by atoms with Gasteiger partial charge in [0, 0.05) is 17.0 Å². The topological polar surface area (TPSA) is 54.4 Å². The maximum atomic E-state index is 10.5. The van der Waals surface area contributed by atoms with Crippen LogP contribution < -0.4 is 0 Å². The Labute approximate surface area is 81.4 Å². The van der Waals surface area contributed by atoms with E-state index in [2.05, 4.69) is 5.92 Å². The normalized spacial score (nSPS) is 8.64. The lowest BCUT2D eigenvalue weighted by atomic mass is 10.1. The molecule has 70 valence electrons. The first kappa shape index (κ1) is 10.0. The molecule has 0 saturated carbocycles. The molecule has 1 aromatic carbocycles. The fraction of sp³-hybridized carbons (Fsp3) is 0.0909. The van der Waals surface area contributed by atoms with E-state index < -0.39 is 5.97 Å². The molecule has 0 aliphatic carbocycles. The Kier molecular flexibility index (Phi) is 3.03. The van der Waals surface area contributed by atoms with Crippen molar-refractivity contribution in [3.05, 3.63) is 34.9 Å². The minimum absolute atomic E-state index is 0.589. The zero-order valence-corrected chi connectivity index (χ0v) is 7.57. The van der Waals surface area contributed by atoms with Gasteiger partial charge < -0.3 is 5.11 Å². The van der Waals surface area contributed by atoms with Crippen LogP contribution in [0, 0.1) is 18.8 Å². The Balaban J connectivity index is 3.05. The van der Waals surface area contributed by atoms with E-state index in [9.17, 15) is 9.59 Å². The van der Waals surface area contributed by atoms with Crippen LogP contribution in [0.15, 0.2) is 18.2 Å². The molecular formula is C11H8O3. The highest BCUT2D eigenvalue weighted by Crippen LogP contribution is 2.07. The number of benzene rings is 1. The average molecular weight is 188 g/mol. The molecule has 3 heteroatoms. The molecule has 0 unspecified atom stereocenters. The molecule has 0 aliphatic heterocycles. The average Bonchev–Trinajstić information content (AvgIpc) is 2.15. The molecule has 0 amide bonds. The third kappa shape index (κ3) is 2.46. The van der Waals surface area contributed by atoms with E-state index >= 15 is 0 Å². The van der Waals surface area contributed by atoms with Gasteiger partial charge in [-0.1, -0.05) is 12.0 Å². The Morgan fingerprint density at radius 2 is 2.21 bits per heavy atom. The summed E-state index contributed by atoms with van der Waals surface area (Å²) in [6, 6.07) is 4.92. The van der Waals surface area contributed by atoms with E-state index in [4.69, 9.17) is 5.11 Å². The van der Waals surface area contributed by atoms with Gasteiger partial charge in [-0.2, -0.15) is 0 Å². The molecule has 0 bridgehead atoms. The molecule has 1 N–H and O–H groups in total. The van der Waals surface area contributed by atoms with Gasteiger partial charge in [0.2, 0.25) is 0 Å². The molecule has 0 atom stereocenters. The van der Waals surface area contributed by atoms with Crippen LogP contribution in [0.25, 0.3) is 0 Å². The number of hydrogen-bond donors (Lipinski definition) is 1. The van der Waals surface area contributed by atoms with Gasteiger partial charge >= 0.3 is 5.97 Å². The van der Waals surface area contributed by atoms with Crippen LogP contribution in [0.2, 0.25) is 0 Å². The Morgan fingerprint density at radius 3 is 2.71 bits per heavy atom. The third-order valence-electron chi connectivity index (χ3n) is 1.71. The van der Waals surface area contributed by atoms with Crippen LogP contribution in [0.4, 0.5) is 0 Å². The SMILES string of the molecule is Cc1cc(C#CC(=O)O)ccc1C=O. The van der Waals surface area contributed by atoms with Crippen molar-refractivity contribution in [1.29, 1.82) is 0 Å². The molecule has 0 radical (unpaired) electrons. The molecule has 0 heterocycles. The number of carbonyl (C=O) groups is 2. The standard InChI is InChI=1S/C11H8O3/c1-8-6-9(3-5-11(13)14)2-4-10(8)7-12/h2,4,6-7H,1H3,(H,13,14). The molecule has 0 fully saturated rings. The molecular weight excluding hydrogens is 180 g/mol. The van der Waals surface area contributed by atoms with Gasteiger partial charge in [-0.15, -0.1) is 0 Å². The van der Waals surface area contributed by atoms with Crippen molar-refractivity contribution in [3.63, 3.8) is 0 Å². The molecule has 0 saturated heterocycles. The van der Waals surface area contributed by atoms with E-state index in [1.807, 2.05) is 5.92 Å². The van der Waals surface area contributed by atoms with Crippen LogP contribution in [0.5, 0.6) is 0 Å². The number of rotatable bonds is 1. The van der Waals surface area contributed by atoms with Crippen molar-refractivity contribution in [2.24, 2.45) is 0 Å². The van der Waals surface area contributed by atoms with E-state index in [0.717, 1.165) is 11.8 Å². The van der Waals surface area contributed by atoms with Crippen LogP contribution in [0.1, 0.15) is 21.5 Å². The number of carbonyl (C=O) groups excluding carboxylic acids is 1. The number of aldehydes is 1. The molecule has 1 aromatic rings. The van der Waals surface area contributed by atoms with Crippen LogP contribution in [-0.4, -0.2) is 17.4 Å². The summed E-state index contributed by atoms with van der Waals surface area (Å²) in [5.41, 5.74) is 1.97. The lowest BCUT2D eigenvalue weighted by Gasteiger charge is -1.97. The van der Waals surface area contributed by atoms with Crippen LogP contribution in [-0.2, 0) is 4.79 Å². The second-order valence-corrected chi connectivity index (χ2v) is 2.74. The molecule has 0 spiro atoms. The van der Waals surface area contributed by atoms with Gasteiger partial charge in [0.05, 0.1) is 0 Å². The van der Waals surface area contributed by atoms with Crippen molar-refractivity contribution in [1.82, 2.24) is 0 Å². The first-order chi connectivity index (χ1) is 6.63. The monoisotopic (exact) mass is 188 g/mol. The zero-order valence-electron chi connectivity index (χ0n) is 7.57. The smallest absolute Gasteiger partial charge is 0.382 e. The fourth-order valence-corrected chi connectivity index (χ4v) is 1.01. The van der Waals surface area contributed by atoms with Crippen LogP contribution in [0.3, 0.4) is 0 Å². The number of carboxylic acid groups (broad SMARTS) is 1. The second-order valence-electron chi connectivity index (χ2n) is 2.74. The molecule has 3 nitrogen and oxygen atoms in total.